The van der Waals surface area contributed by atoms with Gasteiger partial charge in [-0.1, -0.05) is 4.49 Å². The zero-order chi connectivity index (χ0) is 12.9. The van der Waals surface area contributed by atoms with Crippen LogP contribution >= 0.6 is 23.3 Å². The summed E-state index contributed by atoms with van der Waals surface area (Å²) < 4.78 is 3.79. The van der Waals surface area contributed by atoms with E-state index in [-0.39, 0.29) is 46.5 Å². The van der Waals surface area contributed by atoms with E-state index in [1.807, 2.05) is 6.92 Å². The third-order valence-electron chi connectivity index (χ3n) is 2.72. The maximum atomic E-state index is 11.9. The Hall–Kier alpha value is -0.670. The van der Waals surface area contributed by atoms with Gasteiger partial charge < -0.3 is 9.90 Å². The van der Waals surface area contributed by atoms with Crippen LogP contribution in [0.1, 0.15) is 10.6 Å². The van der Waals surface area contributed by atoms with Gasteiger partial charge in [0.05, 0.1) is 27.8 Å². The Morgan fingerprint density at radius 1 is 1.58 bits per heavy atom. The quantitative estimate of drug-likeness (QED) is 0.324. The van der Waals surface area contributed by atoms with Crippen LogP contribution in [0.5, 0.6) is 0 Å². The molecule has 92 valence electrons. The molecule has 1 fully saturated rings. The molecular weight excluding hydrogens is 297 g/mol. The number of rotatable bonds is 2. The first-order valence-corrected chi connectivity index (χ1v) is 6.72. The third kappa shape index (κ3) is 2.27. The monoisotopic (exact) mass is 303 g/mol. The van der Waals surface area contributed by atoms with Gasteiger partial charge in [-0.05, 0) is 29.9 Å². The van der Waals surface area contributed by atoms with Crippen molar-refractivity contribution >= 4 is 41.2 Å². The summed E-state index contributed by atoms with van der Waals surface area (Å²) in [4.78, 5) is 24.7. The fraction of sp³-hybridized carbons (Fsp3) is 0.200. The van der Waals surface area contributed by atoms with E-state index >= 15 is 0 Å². The second kappa shape index (κ2) is 5.37. The largest absolute Gasteiger partial charge is 1.00 e. The number of aliphatic carboxylic acids is 1. The summed E-state index contributed by atoms with van der Waals surface area (Å²) in [6.45, 7) is 1.81. The van der Waals surface area contributed by atoms with Gasteiger partial charge in [-0.2, -0.15) is 0 Å². The molecule has 1 amide bonds. The molecule has 0 bridgehead atoms. The van der Waals surface area contributed by atoms with Crippen molar-refractivity contribution in [2.75, 3.05) is 0 Å². The van der Waals surface area contributed by atoms with E-state index in [0.29, 0.717) is 5.57 Å². The predicted molar refractivity (Wildman–Crippen MR) is 63.9 cm³/mol. The van der Waals surface area contributed by atoms with Crippen molar-refractivity contribution in [1.29, 1.82) is 0 Å². The Labute approximate surface area is 139 Å². The zero-order valence-corrected chi connectivity index (χ0v) is 13.7. The van der Waals surface area contributed by atoms with Crippen molar-refractivity contribution in [3.8, 4) is 0 Å². The van der Waals surface area contributed by atoms with Gasteiger partial charge in [-0.25, -0.2) is 0 Å². The van der Waals surface area contributed by atoms with E-state index in [1.165, 1.54) is 33.6 Å². The van der Waals surface area contributed by atoms with Crippen LogP contribution in [0.15, 0.2) is 16.7 Å². The molecule has 19 heavy (non-hydrogen) atoms. The number of carbonyl (C=O) groups excluding carboxylic acids is 2. The maximum Gasteiger partial charge on any atom is 1.00 e. The summed E-state index contributed by atoms with van der Waals surface area (Å²) in [7, 11) is 0. The number of β-lactam (4-membered cyclic amide) rings is 1. The maximum absolute atomic E-state index is 11.9. The number of hydrogen-bond acceptors (Lipinski definition) is 7. The molecule has 1 saturated heterocycles. The molecule has 0 aromatic carbocycles. The fourth-order valence-corrected chi connectivity index (χ4v) is 3.49. The van der Waals surface area contributed by atoms with Crippen LogP contribution in [-0.4, -0.2) is 31.7 Å². The number of aromatic nitrogens is 2. The summed E-state index contributed by atoms with van der Waals surface area (Å²) in [5, 5.41) is 15.8. The number of carboxylic acid groups (broad SMARTS) is 1. The van der Waals surface area contributed by atoms with Crippen molar-refractivity contribution in [3.05, 3.63) is 27.2 Å². The second-order valence-electron chi connectivity index (χ2n) is 3.78. The molecule has 1 aromatic heterocycles. The number of fused-ring (bicyclic) bond motifs is 1. The number of carbonyl (C=O) groups is 2. The van der Waals surface area contributed by atoms with E-state index in [2.05, 4.69) is 9.59 Å². The molecule has 0 radical (unpaired) electrons. The Balaban J connectivity index is 0.00000133. The molecule has 9 heteroatoms. The third-order valence-corrected chi connectivity index (χ3v) is 4.57. The van der Waals surface area contributed by atoms with Crippen molar-refractivity contribution < 1.29 is 44.3 Å². The first-order valence-electron chi connectivity index (χ1n) is 5.00. The molecule has 3 rings (SSSR count). The SMILES string of the molecule is Cc1nnsc1/C=C1\C(=O)N2C(C(=O)[O-])=CS[C@H]12.[Na+]. The van der Waals surface area contributed by atoms with Gasteiger partial charge >= 0.3 is 29.6 Å². The van der Waals surface area contributed by atoms with Gasteiger partial charge in [0.1, 0.15) is 5.37 Å². The number of hydrogen-bond donors (Lipinski definition) is 0. The number of amides is 1. The molecule has 1 atom stereocenters. The van der Waals surface area contributed by atoms with Crippen molar-refractivity contribution in [2.45, 2.75) is 12.3 Å². The van der Waals surface area contributed by atoms with Crippen LogP contribution in [-0.2, 0) is 9.59 Å². The van der Waals surface area contributed by atoms with Gasteiger partial charge in [0.2, 0.25) is 0 Å². The predicted octanol–water partition coefficient (Wildman–Crippen LogP) is -3.26. The standard InChI is InChI=1S/C10H7N3O3S2.Na/c1-4-7(18-12-11-4)2-5-8(14)13-6(10(15)16)3-17-9(5)13;/h2-3,9H,1H3,(H,15,16);/q;+1/p-1/b5-2+;/t9-;/m1./s1. The molecule has 6 nitrogen and oxygen atoms in total. The molecule has 0 aliphatic carbocycles. The second-order valence-corrected chi connectivity index (χ2v) is 5.52. The molecule has 0 unspecified atom stereocenters. The summed E-state index contributed by atoms with van der Waals surface area (Å²) in [5.41, 5.74) is 1.27. The first-order chi connectivity index (χ1) is 8.59. The Morgan fingerprint density at radius 2 is 2.32 bits per heavy atom. The average Bonchev–Trinajstić information content (AvgIpc) is 2.90. The summed E-state index contributed by atoms with van der Waals surface area (Å²) in [6, 6.07) is 0. The number of nitrogens with zero attached hydrogens (tertiary/aromatic N) is 3. The summed E-state index contributed by atoms with van der Waals surface area (Å²) in [5.74, 6) is -1.62. The van der Waals surface area contributed by atoms with Gasteiger partial charge in [0, 0.05) is 0 Å². The smallest absolute Gasteiger partial charge is 0.543 e. The van der Waals surface area contributed by atoms with Gasteiger partial charge in [-0.15, -0.1) is 16.9 Å². The molecule has 2 aliphatic heterocycles. The van der Waals surface area contributed by atoms with Gasteiger partial charge in [-0.3, -0.25) is 9.69 Å². The normalized spacial score (nSPS) is 22.7. The molecule has 3 heterocycles. The van der Waals surface area contributed by atoms with Crippen LogP contribution in [0, 0.1) is 6.92 Å². The summed E-state index contributed by atoms with van der Waals surface area (Å²) in [6.07, 6.45) is 1.72. The van der Waals surface area contributed by atoms with E-state index in [0.717, 1.165) is 10.6 Å². The molecule has 0 N–H and O–H groups in total. The van der Waals surface area contributed by atoms with Crippen LogP contribution < -0.4 is 34.7 Å². The topological polar surface area (TPSA) is 86.2 Å². The Morgan fingerprint density at radius 3 is 2.89 bits per heavy atom. The average molecular weight is 303 g/mol. The van der Waals surface area contributed by atoms with E-state index < -0.39 is 5.97 Å². The molecule has 1 aromatic rings. The zero-order valence-electron chi connectivity index (χ0n) is 10.1. The molecule has 0 spiro atoms. The van der Waals surface area contributed by atoms with Crippen LogP contribution in [0.2, 0.25) is 0 Å². The van der Waals surface area contributed by atoms with Gasteiger partial charge in [0.15, 0.2) is 0 Å². The van der Waals surface area contributed by atoms with Crippen molar-refractivity contribution in [1.82, 2.24) is 14.5 Å². The number of carboxylic acids is 1. The van der Waals surface area contributed by atoms with Gasteiger partial charge in [0.25, 0.3) is 5.91 Å². The van der Waals surface area contributed by atoms with Crippen LogP contribution in [0.4, 0.5) is 0 Å². The Bertz CT molecular complexity index is 625. The number of thioether (sulfide) groups is 1. The van der Waals surface area contributed by atoms with Crippen LogP contribution in [0.3, 0.4) is 0 Å². The van der Waals surface area contributed by atoms with E-state index in [1.54, 1.807) is 6.08 Å². The fourth-order valence-electron chi connectivity index (χ4n) is 1.77. The minimum Gasteiger partial charge on any atom is -0.543 e. The Kier molecular flexibility index (Phi) is 4.17. The van der Waals surface area contributed by atoms with Crippen molar-refractivity contribution in [2.24, 2.45) is 0 Å². The molecular formula is C10H6N3NaO3S2. The first kappa shape index (κ1) is 14.7. The minimum atomic E-state index is -1.33. The van der Waals surface area contributed by atoms with Crippen LogP contribution in [0.25, 0.3) is 6.08 Å². The summed E-state index contributed by atoms with van der Waals surface area (Å²) >= 11 is 2.49. The number of aryl methyl sites for hydroxylation is 1. The molecule has 0 saturated carbocycles. The van der Waals surface area contributed by atoms with E-state index in [9.17, 15) is 14.7 Å². The minimum absolute atomic E-state index is 0. The molecule has 2 aliphatic rings. The van der Waals surface area contributed by atoms with E-state index in [4.69, 9.17) is 0 Å². The van der Waals surface area contributed by atoms with Crippen molar-refractivity contribution in [3.63, 3.8) is 0 Å².